The summed E-state index contributed by atoms with van der Waals surface area (Å²) in [5.74, 6) is -2.18. The van der Waals surface area contributed by atoms with Crippen LogP contribution in [-0.2, 0) is 20.7 Å². The summed E-state index contributed by atoms with van der Waals surface area (Å²) < 4.78 is 10.6. The van der Waals surface area contributed by atoms with Crippen molar-refractivity contribution in [3.05, 3.63) is 22.5 Å². The Labute approximate surface area is 160 Å². The molecule has 3 rings (SSSR count). The maximum absolute atomic E-state index is 12.9. The average molecular weight is 375 g/mol. The highest BCUT2D eigenvalue weighted by Gasteiger charge is 2.42. The average Bonchev–Trinajstić information content (AvgIpc) is 2.93. The van der Waals surface area contributed by atoms with Gasteiger partial charge in [-0.2, -0.15) is 0 Å². The highest BCUT2D eigenvalue weighted by molar-refractivity contribution is 6.12. The first-order valence-corrected chi connectivity index (χ1v) is 9.98. The maximum Gasteiger partial charge on any atom is 0.355 e. The highest BCUT2D eigenvalue weighted by atomic mass is 16.5. The highest BCUT2D eigenvalue weighted by Crippen LogP contribution is 2.34. The number of nitrogens with one attached hydrogen (secondary N) is 1. The molecule has 0 radical (unpaired) electrons. The molecule has 1 aromatic rings. The van der Waals surface area contributed by atoms with E-state index < -0.39 is 17.9 Å². The van der Waals surface area contributed by atoms with Crippen molar-refractivity contribution >= 4 is 17.7 Å². The van der Waals surface area contributed by atoms with Gasteiger partial charge in [0.25, 0.3) is 0 Å². The summed E-state index contributed by atoms with van der Waals surface area (Å²) in [4.78, 5) is 40.8. The Balaban J connectivity index is 1.81. The van der Waals surface area contributed by atoms with Gasteiger partial charge in [-0.3, -0.25) is 9.59 Å². The van der Waals surface area contributed by atoms with E-state index in [0.29, 0.717) is 23.2 Å². The maximum atomic E-state index is 12.9. The third-order valence-electron chi connectivity index (χ3n) is 5.94. The van der Waals surface area contributed by atoms with Crippen LogP contribution in [0, 0.1) is 18.8 Å². The quantitative estimate of drug-likeness (QED) is 0.642. The van der Waals surface area contributed by atoms with Gasteiger partial charge in [-0.15, -0.1) is 0 Å². The Bertz CT molecular complexity index is 727. The molecule has 1 saturated carbocycles. The van der Waals surface area contributed by atoms with Gasteiger partial charge in [-0.25, -0.2) is 4.79 Å². The number of H-pyrrole nitrogens is 1. The van der Waals surface area contributed by atoms with Gasteiger partial charge in [0, 0.05) is 11.3 Å². The number of Topliss-reactive ketones (excluding diaryl/α,β-unsaturated/α-hetero) is 1. The van der Waals surface area contributed by atoms with Crippen molar-refractivity contribution in [3.63, 3.8) is 0 Å². The minimum atomic E-state index is -0.813. The van der Waals surface area contributed by atoms with Crippen molar-refractivity contribution < 1.29 is 23.9 Å². The Hall–Kier alpha value is -2.11. The summed E-state index contributed by atoms with van der Waals surface area (Å²) in [6, 6.07) is 0. The zero-order chi connectivity index (χ0) is 19.6. The van der Waals surface area contributed by atoms with Crippen LogP contribution in [0.15, 0.2) is 0 Å². The van der Waals surface area contributed by atoms with Crippen LogP contribution < -0.4 is 0 Å². The molecule has 0 aromatic carbocycles. The first-order valence-electron chi connectivity index (χ1n) is 9.98. The molecule has 0 bridgehead atoms. The second-order valence-corrected chi connectivity index (χ2v) is 7.90. The van der Waals surface area contributed by atoms with Crippen molar-refractivity contribution in [3.8, 4) is 0 Å². The number of hydrogen-bond donors (Lipinski definition) is 1. The van der Waals surface area contributed by atoms with Gasteiger partial charge in [0.15, 0.2) is 5.78 Å². The van der Waals surface area contributed by atoms with Crippen LogP contribution in [0.1, 0.15) is 84.0 Å². The van der Waals surface area contributed by atoms with Crippen LogP contribution in [0.25, 0.3) is 0 Å². The number of carbonyl (C=O) groups is 3. The zero-order valence-electron chi connectivity index (χ0n) is 16.4. The fourth-order valence-electron chi connectivity index (χ4n) is 4.42. The van der Waals surface area contributed by atoms with Crippen LogP contribution in [0.5, 0.6) is 0 Å². The van der Waals surface area contributed by atoms with Crippen LogP contribution in [0.3, 0.4) is 0 Å². The third-order valence-corrected chi connectivity index (χ3v) is 5.94. The van der Waals surface area contributed by atoms with E-state index in [0.717, 1.165) is 31.4 Å². The number of esters is 2. The predicted molar refractivity (Wildman–Crippen MR) is 99.8 cm³/mol. The Morgan fingerprint density at radius 2 is 1.70 bits per heavy atom. The number of carbonyl (C=O) groups excluding carboxylic acids is 3. The number of ether oxygens (including phenoxy) is 2. The number of hydrogen-bond acceptors (Lipinski definition) is 5. The molecular formula is C21H29NO5. The lowest BCUT2D eigenvalue weighted by atomic mass is 9.77. The first kappa shape index (κ1) is 19.6. The van der Waals surface area contributed by atoms with E-state index >= 15 is 0 Å². The minimum absolute atomic E-state index is 0.0602. The number of aromatic nitrogens is 1. The van der Waals surface area contributed by atoms with E-state index in [1.165, 1.54) is 26.4 Å². The molecule has 1 N–H and O–H groups in total. The summed E-state index contributed by atoms with van der Waals surface area (Å²) in [6.45, 7) is 3.59. The monoisotopic (exact) mass is 375 g/mol. The molecule has 1 heterocycles. The number of ketones is 1. The molecule has 0 saturated heterocycles. The van der Waals surface area contributed by atoms with E-state index in [4.69, 9.17) is 9.47 Å². The SMILES string of the molecule is COC(=O)[C@@H]1C(=O)c2c([nH]c(C(=O)OC3CCCCCCC3)c2C)C[C@@H]1C. The summed E-state index contributed by atoms with van der Waals surface area (Å²) in [6.07, 6.45) is 8.04. The molecule has 6 heteroatoms. The van der Waals surface area contributed by atoms with Crippen molar-refractivity contribution in [2.45, 2.75) is 71.3 Å². The normalized spacial score (nSPS) is 23.9. The molecule has 27 heavy (non-hydrogen) atoms. The van der Waals surface area contributed by atoms with Gasteiger partial charge < -0.3 is 14.5 Å². The summed E-state index contributed by atoms with van der Waals surface area (Å²) >= 11 is 0. The summed E-state index contributed by atoms with van der Waals surface area (Å²) in [5.41, 5.74) is 2.09. The molecule has 1 aromatic heterocycles. The summed E-state index contributed by atoms with van der Waals surface area (Å²) in [5, 5.41) is 0. The zero-order valence-corrected chi connectivity index (χ0v) is 16.4. The number of fused-ring (bicyclic) bond motifs is 1. The number of methoxy groups -OCH3 is 1. The molecule has 0 aliphatic heterocycles. The van der Waals surface area contributed by atoms with Crippen molar-refractivity contribution in [1.82, 2.24) is 4.98 Å². The number of rotatable bonds is 3. The second-order valence-electron chi connectivity index (χ2n) is 7.90. The lowest BCUT2D eigenvalue weighted by Crippen LogP contribution is -2.36. The molecule has 2 aliphatic rings. The molecule has 0 spiro atoms. The Morgan fingerprint density at radius 3 is 2.33 bits per heavy atom. The van der Waals surface area contributed by atoms with Crippen LogP contribution in [0.2, 0.25) is 0 Å². The van der Waals surface area contributed by atoms with Gasteiger partial charge in [0.2, 0.25) is 0 Å². The molecule has 0 unspecified atom stereocenters. The second kappa shape index (κ2) is 8.28. The van der Waals surface area contributed by atoms with Crippen LogP contribution in [-0.4, -0.2) is 35.9 Å². The molecule has 2 aliphatic carbocycles. The standard InChI is InChI=1S/C21H29NO5/c1-12-11-15-17(19(23)16(12)20(24)26-3)13(2)18(22-15)21(25)27-14-9-7-5-4-6-8-10-14/h12,14,16,22H,4-11H2,1-3H3/t12-,16-/m0/s1. The Kier molecular flexibility index (Phi) is 6.02. The fraction of sp³-hybridized carbons (Fsp3) is 0.667. The van der Waals surface area contributed by atoms with E-state index in [9.17, 15) is 14.4 Å². The fourth-order valence-corrected chi connectivity index (χ4v) is 4.42. The third kappa shape index (κ3) is 3.94. The summed E-state index contributed by atoms with van der Waals surface area (Å²) in [7, 11) is 1.29. The molecular weight excluding hydrogens is 346 g/mol. The predicted octanol–water partition coefficient (Wildman–Crippen LogP) is 3.76. The van der Waals surface area contributed by atoms with Gasteiger partial charge in [-0.1, -0.05) is 26.2 Å². The Morgan fingerprint density at radius 1 is 1.07 bits per heavy atom. The molecule has 148 valence electrons. The molecule has 1 fully saturated rings. The smallest absolute Gasteiger partial charge is 0.355 e. The van der Waals surface area contributed by atoms with E-state index in [1.54, 1.807) is 6.92 Å². The van der Waals surface area contributed by atoms with Crippen molar-refractivity contribution in [1.29, 1.82) is 0 Å². The topological polar surface area (TPSA) is 85.5 Å². The van der Waals surface area contributed by atoms with Gasteiger partial charge in [0.05, 0.1) is 7.11 Å². The van der Waals surface area contributed by atoms with Crippen LogP contribution in [0.4, 0.5) is 0 Å². The molecule has 6 nitrogen and oxygen atoms in total. The van der Waals surface area contributed by atoms with Crippen molar-refractivity contribution in [2.75, 3.05) is 7.11 Å². The van der Waals surface area contributed by atoms with Crippen LogP contribution >= 0.6 is 0 Å². The first-order chi connectivity index (χ1) is 12.9. The van der Waals surface area contributed by atoms with Gasteiger partial charge >= 0.3 is 11.9 Å². The molecule has 0 amide bonds. The van der Waals surface area contributed by atoms with E-state index in [2.05, 4.69) is 4.98 Å². The van der Waals surface area contributed by atoms with E-state index in [-0.39, 0.29) is 17.8 Å². The van der Waals surface area contributed by atoms with Gasteiger partial charge in [-0.05, 0) is 50.5 Å². The lowest BCUT2D eigenvalue weighted by Gasteiger charge is -2.25. The van der Waals surface area contributed by atoms with Crippen molar-refractivity contribution in [2.24, 2.45) is 11.8 Å². The van der Waals surface area contributed by atoms with Gasteiger partial charge in [0.1, 0.15) is 17.7 Å². The lowest BCUT2D eigenvalue weighted by molar-refractivity contribution is -0.145. The number of aromatic amines is 1. The molecule has 2 atom stereocenters. The minimum Gasteiger partial charge on any atom is -0.468 e. The largest absolute Gasteiger partial charge is 0.468 e. The van der Waals surface area contributed by atoms with E-state index in [1.807, 2.05) is 6.92 Å².